The van der Waals surface area contributed by atoms with Crippen molar-refractivity contribution in [1.82, 2.24) is 0 Å². The standard InChI is InChI=1S/C20H20F2N2O3/c1-11-8-14(9-12(2)17(11)27-20(21)22)19(26)24-10-13(3)18(25)23-15-6-4-5-7-16(15)24/h4-9,13,20H,10H2,1-3H3,(H,23,25). The summed E-state index contributed by atoms with van der Waals surface area (Å²) in [6.07, 6.45) is 0. The number of aryl methyl sites for hydroxylation is 2. The van der Waals surface area contributed by atoms with Crippen molar-refractivity contribution in [2.75, 3.05) is 16.8 Å². The number of fused-ring (bicyclic) bond motifs is 1. The lowest BCUT2D eigenvalue weighted by Crippen LogP contribution is -2.36. The van der Waals surface area contributed by atoms with Crippen LogP contribution in [-0.4, -0.2) is 25.0 Å². The molecule has 5 nitrogen and oxygen atoms in total. The average molecular weight is 374 g/mol. The highest BCUT2D eigenvalue weighted by molar-refractivity contribution is 6.11. The summed E-state index contributed by atoms with van der Waals surface area (Å²) in [4.78, 5) is 26.9. The van der Waals surface area contributed by atoms with Gasteiger partial charge in [0.15, 0.2) is 0 Å². The van der Waals surface area contributed by atoms with Gasteiger partial charge < -0.3 is 15.0 Å². The number of nitrogens with one attached hydrogen (secondary N) is 1. The lowest BCUT2D eigenvalue weighted by Gasteiger charge is -2.24. The van der Waals surface area contributed by atoms with Crippen molar-refractivity contribution < 1.29 is 23.1 Å². The fourth-order valence-corrected chi connectivity index (χ4v) is 3.22. The summed E-state index contributed by atoms with van der Waals surface area (Å²) in [6.45, 7) is 2.27. The van der Waals surface area contributed by atoms with Crippen LogP contribution in [-0.2, 0) is 4.79 Å². The Bertz CT molecular complexity index is 876. The molecule has 1 heterocycles. The second kappa shape index (κ2) is 7.34. The first-order valence-corrected chi connectivity index (χ1v) is 8.55. The summed E-state index contributed by atoms with van der Waals surface area (Å²) < 4.78 is 29.7. The van der Waals surface area contributed by atoms with E-state index in [9.17, 15) is 18.4 Å². The van der Waals surface area contributed by atoms with E-state index >= 15 is 0 Å². The van der Waals surface area contributed by atoms with Gasteiger partial charge in [-0.2, -0.15) is 8.78 Å². The molecule has 142 valence electrons. The smallest absolute Gasteiger partial charge is 0.387 e. The van der Waals surface area contributed by atoms with E-state index in [0.29, 0.717) is 28.1 Å². The van der Waals surface area contributed by atoms with Crippen molar-refractivity contribution in [2.45, 2.75) is 27.4 Å². The molecule has 1 aliphatic heterocycles. The van der Waals surface area contributed by atoms with Gasteiger partial charge >= 0.3 is 6.61 Å². The number of anilines is 2. The van der Waals surface area contributed by atoms with Gasteiger partial charge in [0.2, 0.25) is 5.91 Å². The molecule has 3 rings (SSSR count). The van der Waals surface area contributed by atoms with Crippen molar-refractivity contribution in [3.63, 3.8) is 0 Å². The van der Waals surface area contributed by atoms with Gasteiger partial charge in [-0.05, 0) is 49.2 Å². The number of hydrogen-bond donors (Lipinski definition) is 1. The maximum absolute atomic E-state index is 13.2. The van der Waals surface area contributed by atoms with Crippen molar-refractivity contribution >= 4 is 23.2 Å². The zero-order chi connectivity index (χ0) is 19.7. The van der Waals surface area contributed by atoms with Crippen LogP contribution in [0.5, 0.6) is 5.75 Å². The van der Waals surface area contributed by atoms with Gasteiger partial charge in [-0.1, -0.05) is 19.1 Å². The molecule has 27 heavy (non-hydrogen) atoms. The predicted octanol–water partition coefficient (Wildman–Crippen LogP) is 4.14. The van der Waals surface area contributed by atoms with Gasteiger partial charge in [0.1, 0.15) is 5.75 Å². The molecule has 7 heteroatoms. The number of halogens is 2. The van der Waals surface area contributed by atoms with Crippen molar-refractivity contribution in [2.24, 2.45) is 5.92 Å². The molecule has 1 unspecified atom stereocenters. The molecule has 2 aromatic rings. The predicted molar refractivity (Wildman–Crippen MR) is 98.5 cm³/mol. The SMILES string of the molecule is Cc1cc(C(=O)N2CC(C)C(=O)Nc3ccccc32)cc(C)c1OC(F)F. The van der Waals surface area contributed by atoms with Crippen LogP contribution in [0.4, 0.5) is 20.2 Å². The fraction of sp³-hybridized carbons (Fsp3) is 0.300. The van der Waals surface area contributed by atoms with E-state index in [1.165, 1.54) is 12.1 Å². The summed E-state index contributed by atoms with van der Waals surface area (Å²) >= 11 is 0. The number of alkyl halides is 2. The third-order valence-electron chi connectivity index (χ3n) is 4.52. The first kappa shape index (κ1) is 18.8. The topological polar surface area (TPSA) is 58.6 Å². The van der Waals surface area contributed by atoms with Gasteiger partial charge in [-0.15, -0.1) is 0 Å². The second-order valence-corrected chi connectivity index (χ2v) is 6.64. The van der Waals surface area contributed by atoms with Crippen LogP contribution < -0.4 is 15.0 Å². The van der Waals surface area contributed by atoms with Crippen LogP contribution in [0, 0.1) is 19.8 Å². The van der Waals surface area contributed by atoms with E-state index in [0.717, 1.165) is 0 Å². The molecule has 2 aromatic carbocycles. The maximum Gasteiger partial charge on any atom is 0.387 e. The number of amides is 2. The molecule has 1 atom stereocenters. The van der Waals surface area contributed by atoms with Crippen molar-refractivity contribution in [1.29, 1.82) is 0 Å². The van der Waals surface area contributed by atoms with Gasteiger partial charge in [0, 0.05) is 12.1 Å². The van der Waals surface area contributed by atoms with Gasteiger partial charge in [-0.25, -0.2) is 0 Å². The molecule has 0 bridgehead atoms. The molecule has 0 aliphatic carbocycles. The molecule has 2 amide bonds. The van der Waals surface area contributed by atoms with Crippen molar-refractivity contribution in [3.05, 3.63) is 53.1 Å². The maximum atomic E-state index is 13.2. The molecule has 1 aliphatic rings. The number of ether oxygens (including phenoxy) is 1. The Morgan fingerprint density at radius 1 is 1.22 bits per heavy atom. The van der Waals surface area contributed by atoms with E-state index in [1.807, 2.05) is 0 Å². The highest BCUT2D eigenvalue weighted by Gasteiger charge is 2.29. The van der Waals surface area contributed by atoms with E-state index in [4.69, 9.17) is 0 Å². The van der Waals surface area contributed by atoms with Gasteiger partial charge in [0.25, 0.3) is 5.91 Å². The number of carbonyl (C=O) groups is 2. The molecule has 0 saturated carbocycles. The number of hydrogen-bond acceptors (Lipinski definition) is 3. The van der Waals surface area contributed by atoms with E-state index in [1.54, 1.807) is 49.9 Å². The fourth-order valence-electron chi connectivity index (χ4n) is 3.22. The molecular weight excluding hydrogens is 354 g/mol. The zero-order valence-electron chi connectivity index (χ0n) is 15.3. The molecule has 0 fully saturated rings. The third kappa shape index (κ3) is 3.77. The summed E-state index contributed by atoms with van der Waals surface area (Å²) in [7, 11) is 0. The monoisotopic (exact) mass is 374 g/mol. The molecule has 0 saturated heterocycles. The second-order valence-electron chi connectivity index (χ2n) is 6.64. The highest BCUT2D eigenvalue weighted by Crippen LogP contribution is 2.32. The van der Waals surface area contributed by atoms with E-state index < -0.39 is 12.5 Å². The first-order chi connectivity index (χ1) is 12.8. The summed E-state index contributed by atoms with van der Waals surface area (Å²) in [6, 6.07) is 10.1. The largest absolute Gasteiger partial charge is 0.434 e. The number of rotatable bonds is 3. The van der Waals surface area contributed by atoms with Gasteiger partial charge in [0.05, 0.1) is 17.3 Å². The number of carbonyl (C=O) groups excluding carboxylic acids is 2. The molecule has 0 spiro atoms. The minimum atomic E-state index is -2.93. The number of benzene rings is 2. The first-order valence-electron chi connectivity index (χ1n) is 8.55. The average Bonchev–Trinajstić information content (AvgIpc) is 2.74. The Morgan fingerprint density at radius 2 is 1.85 bits per heavy atom. The summed E-state index contributed by atoms with van der Waals surface area (Å²) in [5.41, 5.74) is 2.41. The Balaban J connectivity index is 2.01. The van der Waals surface area contributed by atoms with Crippen molar-refractivity contribution in [3.8, 4) is 5.75 Å². The Labute approximate surface area is 155 Å². The minimum Gasteiger partial charge on any atom is -0.434 e. The minimum absolute atomic E-state index is 0.0722. The van der Waals surface area contributed by atoms with E-state index in [-0.39, 0.29) is 24.1 Å². The lowest BCUT2D eigenvalue weighted by atomic mass is 10.0. The third-order valence-corrected chi connectivity index (χ3v) is 4.52. The summed E-state index contributed by atoms with van der Waals surface area (Å²) in [5.74, 6) is -0.792. The van der Waals surface area contributed by atoms with Crippen LogP contribution in [0.2, 0.25) is 0 Å². The molecule has 0 aromatic heterocycles. The Morgan fingerprint density at radius 3 is 2.48 bits per heavy atom. The molecule has 1 N–H and O–H groups in total. The van der Waals surface area contributed by atoms with Crippen LogP contribution in [0.15, 0.2) is 36.4 Å². The quantitative estimate of drug-likeness (QED) is 0.878. The molecular formula is C20H20F2N2O3. The Kier molecular flexibility index (Phi) is 5.12. The number of para-hydroxylation sites is 2. The van der Waals surface area contributed by atoms with Crippen LogP contribution in [0.25, 0.3) is 0 Å². The van der Waals surface area contributed by atoms with Gasteiger partial charge in [-0.3, -0.25) is 9.59 Å². The van der Waals surface area contributed by atoms with Crippen LogP contribution >= 0.6 is 0 Å². The normalized spacial score (nSPS) is 16.6. The lowest BCUT2D eigenvalue weighted by molar-refractivity contribution is -0.119. The van der Waals surface area contributed by atoms with E-state index in [2.05, 4.69) is 10.1 Å². The zero-order valence-corrected chi connectivity index (χ0v) is 15.3. The van der Waals surface area contributed by atoms with Crippen LogP contribution in [0.3, 0.4) is 0 Å². The Hall–Kier alpha value is -2.96. The molecule has 0 radical (unpaired) electrons. The summed E-state index contributed by atoms with van der Waals surface area (Å²) in [5, 5.41) is 2.83. The highest BCUT2D eigenvalue weighted by atomic mass is 19.3. The number of nitrogens with zero attached hydrogens (tertiary/aromatic N) is 1. The van der Waals surface area contributed by atoms with Crippen LogP contribution in [0.1, 0.15) is 28.4 Å².